The molecule has 0 atom stereocenters. The molecule has 0 aliphatic rings. The first-order valence-electron chi connectivity index (χ1n) is 6.15. The van der Waals surface area contributed by atoms with Gasteiger partial charge in [0.15, 0.2) is 0 Å². The molecule has 0 fully saturated rings. The van der Waals surface area contributed by atoms with Crippen LogP contribution in [0.3, 0.4) is 0 Å². The number of aryl methyl sites for hydroxylation is 1. The van der Waals surface area contributed by atoms with E-state index in [-0.39, 0.29) is 11.4 Å². The molecule has 0 spiro atoms. The van der Waals surface area contributed by atoms with Crippen molar-refractivity contribution in [2.24, 2.45) is 0 Å². The minimum atomic E-state index is -0.959. The Kier molecular flexibility index (Phi) is 4.69. The molecule has 0 aliphatic carbocycles. The summed E-state index contributed by atoms with van der Waals surface area (Å²) in [5.41, 5.74) is 4.80. The fourth-order valence-corrected chi connectivity index (χ4v) is 2.56. The van der Waals surface area contributed by atoms with Gasteiger partial charge in [0, 0.05) is 11.8 Å². The van der Waals surface area contributed by atoms with Gasteiger partial charge in [0.1, 0.15) is 0 Å². The highest BCUT2D eigenvalue weighted by Gasteiger charge is 2.13. The number of carboxylic acids is 1. The van der Waals surface area contributed by atoms with E-state index in [1.165, 1.54) is 0 Å². The van der Waals surface area contributed by atoms with Crippen LogP contribution in [0.15, 0.2) is 36.4 Å². The maximum atomic E-state index is 11.3. The Bertz CT molecular complexity index is 634. The predicted octanol–water partition coefficient (Wildman–Crippen LogP) is 4.84. The number of carbonyl (C=O) groups is 1. The molecule has 1 N–H and O–H groups in total. The Labute approximate surface area is 128 Å². The van der Waals surface area contributed by atoms with E-state index in [4.69, 9.17) is 23.2 Å². The monoisotopic (exact) mass is 308 g/mol. The van der Waals surface area contributed by atoms with Gasteiger partial charge >= 0.3 is 5.97 Å². The highest BCUT2D eigenvalue weighted by atomic mass is 35.5. The lowest BCUT2D eigenvalue weighted by Crippen LogP contribution is -2.03. The molecule has 4 heteroatoms. The third-order valence-corrected chi connectivity index (χ3v) is 3.84. The Morgan fingerprint density at radius 1 is 1.10 bits per heavy atom. The first-order chi connectivity index (χ1) is 9.56. The van der Waals surface area contributed by atoms with E-state index in [2.05, 4.69) is 0 Å². The van der Waals surface area contributed by atoms with Gasteiger partial charge in [-0.3, -0.25) is 0 Å². The Balaban J connectivity index is 2.55. The van der Waals surface area contributed by atoms with Crippen LogP contribution in [0.4, 0.5) is 0 Å². The summed E-state index contributed by atoms with van der Waals surface area (Å²) in [6, 6.07) is 11.3. The van der Waals surface area contributed by atoms with Crippen molar-refractivity contribution >= 4 is 29.2 Å². The fraction of sp³-hybridized carbons (Fsp3) is 0.188. The molecule has 2 rings (SSSR count). The minimum Gasteiger partial charge on any atom is -0.478 e. The number of carboxylic acid groups (broad SMARTS) is 1. The zero-order valence-corrected chi connectivity index (χ0v) is 12.5. The SMILES string of the molecule is Cc1cc(CCl)c(C(=O)O)cc1-c1ccc(CCl)cc1. The van der Waals surface area contributed by atoms with Crippen molar-refractivity contribution in [2.45, 2.75) is 18.7 Å². The van der Waals surface area contributed by atoms with Gasteiger partial charge in [-0.05, 0) is 40.8 Å². The van der Waals surface area contributed by atoms with Crippen molar-refractivity contribution in [3.05, 3.63) is 58.7 Å². The molecular weight excluding hydrogens is 295 g/mol. The van der Waals surface area contributed by atoms with E-state index in [1.54, 1.807) is 6.07 Å². The van der Waals surface area contributed by atoms with Crippen LogP contribution in [0.25, 0.3) is 11.1 Å². The Hall–Kier alpha value is -1.51. The average molecular weight is 309 g/mol. The quantitative estimate of drug-likeness (QED) is 0.821. The van der Waals surface area contributed by atoms with Crippen molar-refractivity contribution in [3.8, 4) is 11.1 Å². The number of aromatic carboxylic acids is 1. The number of rotatable bonds is 4. The van der Waals surface area contributed by atoms with Crippen LogP contribution in [-0.2, 0) is 11.8 Å². The normalized spacial score (nSPS) is 10.6. The molecule has 0 bridgehead atoms. The van der Waals surface area contributed by atoms with Crippen molar-refractivity contribution in [1.82, 2.24) is 0 Å². The second kappa shape index (κ2) is 6.29. The van der Waals surface area contributed by atoms with Crippen LogP contribution in [-0.4, -0.2) is 11.1 Å². The van der Waals surface area contributed by atoms with Crippen molar-refractivity contribution in [3.63, 3.8) is 0 Å². The van der Waals surface area contributed by atoms with Crippen molar-refractivity contribution < 1.29 is 9.90 Å². The summed E-state index contributed by atoms with van der Waals surface area (Å²) in [7, 11) is 0. The smallest absolute Gasteiger partial charge is 0.336 e. The van der Waals surface area contributed by atoms with Gasteiger partial charge < -0.3 is 5.11 Å². The lowest BCUT2D eigenvalue weighted by Gasteiger charge is -2.11. The molecule has 0 amide bonds. The summed E-state index contributed by atoms with van der Waals surface area (Å²) < 4.78 is 0. The van der Waals surface area contributed by atoms with Gasteiger partial charge in [-0.2, -0.15) is 0 Å². The van der Waals surface area contributed by atoms with Gasteiger partial charge in [-0.15, -0.1) is 23.2 Å². The van der Waals surface area contributed by atoms with Gasteiger partial charge in [-0.1, -0.05) is 30.3 Å². The third kappa shape index (κ3) is 2.97. The number of benzene rings is 2. The van der Waals surface area contributed by atoms with Gasteiger partial charge in [0.2, 0.25) is 0 Å². The molecule has 0 heterocycles. The van der Waals surface area contributed by atoms with Gasteiger partial charge in [-0.25, -0.2) is 4.79 Å². The van der Waals surface area contributed by atoms with Crippen LogP contribution in [0.5, 0.6) is 0 Å². The van der Waals surface area contributed by atoms with E-state index >= 15 is 0 Å². The second-order valence-electron chi connectivity index (χ2n) is 4.59. The molecule has 0 saturated carbocycles. The topological polar surface area (TPSA) is 37.3 Å². The van der Waals surface area contributed by atoms with Crippen LogP contribution < -0.4 is 0 Å². The second-order valence-corrected chi connectivity index (χ2v) is 5.13. The lowest BCUT2D eigenvalue weighted by atomic mass is 9.94. The largest absolute Gasteiger partial charge is 0.478 e. The number of alkyl halides is 2. The van der Waals surface area contributed by atoms with E-state index in [1.807, 2.05) is 37.3 Å². The Morgan fingerprint density at radius 2 is 1.75 bits per heavy atom. The number of halogens is 2. The molecule has 0 aromatic heterocycles. The summed E-state index contributed by atoms with van der Waals surface area (Å²) in [5.74, 6) is -0.307. The van der Waals surface area contributed by atoms with E-state index in [9.17, 15) is 9.90 Å². The maximum Gasteiger partial charge on any atom is 0.336 e. The molecule has 2 aromatic rings. The molecule has 0 saturated heterocycles. The third-order valence-electron chi connectivity index (χ3n) is 3.24. The van der Waals surface area contributed by atoms with Gasteiger partial charge in [0.05, 0.1) is 5.56 Å². The highest BCUT2D eigenvalue weighted by molar-refractivity contribution is 6.17. The van der Waals surface area contributed by atoms with E-state index in [0.717, 1.165) is 22.3 Å². The zero-order valence-electron chi connectivity index (χ0n) is 11.0. The highest BCUT2D eigenvalue weighted by Crippen LogP contribution is 2.28. The van der Waals surface area contributed by atoms with E-state index < -0.39 is 5.97 Å². The first-order valence-corrected chi connectivity index (χ1v) is 7.21. The summed E-state index contributed by atoms with van der Waals surface area (Å²) in [5, 5.41) is 9.27. The lowest BCUT2D eigenvalue weighted by molar-refractivity contribution is 0.0696. The minimum absolute atomic E-state index is 0.188. The maximum absolute atomic E-state index is 11.3. The molecule has 2 aromatic carbocycles. The summed E-state index contributed by atoms with van der Waals surface area (Å²) >= 11 is 11.6. The van der Waals surface area contributed by atoms with Crippen molar-refractivity contribution in [1.29, 1.82) is 0 Å². The molecule has 0 radical (unpaired) electrons. The molecule has 20 heavy (non-hydrogen) atoms. The molecule has 2 nitrogen and oxygen atoms in total. The average Bonchev–Trinajstić information content (AvgIpc) is 2.46. The number of hydrogen-bond donors (Lipinski definition) is 1. The standard InChI is InChI=1S/C16H14Cl2O2/c1-10-6-13(9-18)15(16(19)20)7-14(10)12-4-2-11(8-17)3-5-12/h2-7H,8-9H2,1H3,(H,19,20). The summed E-state index contributed by atoms with van der Waals surface area (Å²) in [6.07, 6.45) is 0. The van der Waals surface area contributed by atoms with Crippen LogP contribution in [0.2, 0.25) is 0 Å². The van der Waals surface area contributed by atoms with Crippen LogP contribution in [0.1, 0.15) is 27.0 Å². The van der Waals surface area contributed by atoms with Crippen LogP contribution in [0, 0.1) is 6.92 Å². The summed E-state index contributed by atoms with van der Waals surface area (Å²) in [6.45, 7) is 1.95. The predicted molar refractivity (Wildman–Crippen MR) is 82.7 cm³/mol. The molecular formula is C16H14Cl2O2. The zero-order chi connectivity index (χ0) is 14.7. The van der Waals surface area contributed by atoms with Crippen molar-refractivity contribution in [2.75, 3.05) is 0 Å². The fourth-order valence-electron chi connectivity index (χ4n) is 2.16. The number of hydrogen-bond acceptors (Lipinski definition) is 1. The molecule has 0 unspecified atom stereocenters. The Morgan fingerprint density at radius 3 is 2.25 bits per heavy atom. The van der Waals surface area contributed by atoms with Gasteiger partial charge in [0.25, 0.3) is 0 Å². The first kappa shape index (κ1) is 14.9. The summed E-state index contributed by atoms with van der Waals surface area (Å²) in [4.78, 5) is 11.3. The molecule has 104 valence electrons. The van der Waals surface area contributed by atoms with Crippen LogP contribution >= 0.6 is 23.2 Å². The molecule has 0 aliphatic heterocycles. The van der Waals surface area contributed by atoms with E-state index in [0.29, 0.717) is 11.4 Å².